The first kappa shape index (κ1) is 11.9. The topological polar surface area (TPSA) is 69.4 Å². The number of hydrogen-bond donors (Lipinski definition) is 1. The van der Waals surface area contributed by atoms with Crippen molar-refractivity contribution in [1.82, 2.24) is 0 Å². The molecular formula is C9H19NO3S. The maximum absolute atomic E-state index is 11.4. The fourth-order valence-corrected chi connectivity index (χ4v) is 3.40. The van der Waals surface area contributed by atoms with Gasteiger partial charge in [-0.2, -0.15) is 0 Å². The van der Waals surface area contributed by atoms with Crippen LogP contribution in [-0.2, 0) is 14.6 Å². The van der Waals surface area contributed by atoms with E-state index >= 15 is 0 Å². The Hall–Kier alpha value is -0.130. The molecule has 1 saturated carbocycles. The predicted molar refractivity (Wildman–Crippen MR) is 55.8 cm³/mol. The van der Waals surface area contributed by atoms with E-state index in [0.717, 1.165) is 12.8 Å². The van der Waals surface area contributed by atoms with Crippen molar-refractivity contribution in [3.05, 3.63) is 0 Å². The lowest BCUT2D eigenvalue weighted by Gasteiger charge is -2.26. The van der Waals surface area contributed by atoms with E-state index in [-0.39, 0.29) is 10.7 Å². The summed E-state index contributed by atoms with van der Waals surface area (Å²) in [6.07, 6.45) is 3.53. The molecule has 0 aromatic heterocycles. The Morgan fingerprint density at radius 1 is 1.57 bits per heavy atom. The molecule has 84 valence electrons. The molecule has 0 saturated heterocycles. The molecule has 14 heavy (non-hydrogen) atoms. The quantitative estimate of drug-likeness (QED) is 0.735. The molecule has 0 amide bonds. The minimum absolute atomic E-state index is 0.109. The molecule has 1 rings (SSSR count). The van der Waals surface area contributed by atoms with Crippen LogP contribution in [0.15, 0.2) is 0 Å². The summed E-state index contributed by atoms with van der Waals surface area (Å²) in [5.41, 5.74) is 5.58. The zero-order chi connectivity index (χ0) is 10.8. The predicted octanol–water partition coefficient (Wildman–Crippen LogP) is 0.175. The fourth-order valence-electron chi connectivity index (χ4n) is 2.20. The van der Waals surface area contributed by atoms with Crippen LogP contribution >= 0.6 is 0 Å². The van der Waals surface area contributed by atoms with Crippen LogP contribution in [0.3, 0.4) is 0 Å². The fraction of sp³-hybridized carbons (Fsp3) is 1.00. The third-order valence-corrected chi connectivity index (χ3v) is 4.76. The largest absolute Gasteiger partial charge is 0.384 e. The van der Waals surface area contributed by atoms with Gasteiger partial charge in [0, 0.05) is 25.3 Å². The van der Waals surface area contributed by atoms with Gasteiger partial charge in [0.2, 0.25) is 0 Å². The zero-order valence-corrected chi connectivity index (χ0v) is 9.64. The summed E-state index contributed by atoms with van der Waals surface area (Å²) < 4.78 is 27.8. The van der Waals surface area contributed by atoms with Crippen LogP contribution in [-0.4, -0.2) is 40.2 Å². The molecule has 2 atom stereocenters. The number of hydrogen-bond acceptors (Lipinski definition) is 4. The van der Waals surface area contributed by atoms with Gasteiger partial charge in [-0.25, -0.2) is 8.42 Å². The van der Waals surface area contributed by atoms with E-state index < -0.39 is 9.84 Å². The molecule has 0 aromatic rings. The molecule has 4 nitrogen and oxygen atoms in total. The Labute approximate surface area is 85.7 Å². The number of rotatable bonds is 4. The first-order chi connectivity index (χ1) is 6.43. The average molecular weight is 221 g/mol. The van der Waals surface area contributed by atoms with Gasteiger partial charge in [0.25, 0.3) is 0 Å². The van der Waals surface area contributed by atoms with E-state index in [4.69, 9.17) is 10.5 Å². The number of ether oxygens (including phenoxy) is 1. The third-order valence-electron chi connectivity index (χ3n) is 3.15. The van der Waals surface area contributed by atoms with E-state index in [1.165, 1.54) is 6.26 Å². The smallest absolute Gasteiger partial charge is 0.150 e. The first-order valence-electron chi connectivity index (χ1n) is 4.81. The molecule has 0 aliphatic heterocycles. The van der Waals surface area contributed by atoms with Crippen LogP contribution in [0.4, 0.5) is 0 Å². The Bertz CT molecular complexity index is 288. The maximum Gasteiger partial charge on any atom is 0.150 e. The third kappa shape index (κ3) is 2.46. The molecule has 0 unspecified atom stereocenters. The highest BCUT2D eigenvalue weighted by Crippen LogP contribution is 2.40. The molecule has 1 aliphatic carbocycles. The second-order valence-corrected chi connectivity index (χ2v) is 6.66. The van der Waals surface area contributed by atoms with Crippen LogP contribution in [0.2, 0.25) is 0 Å². The van der Waals surface area contributed by atoms with Crippen molar-refractivity contribution in [1.29, 1.82) is 0 Å². The summed E-state index contributed by atoms with van der Waals surface area (Å²) in [5.74, 6) is 0. The van der Waals surface area contributed by atoms with Gasteiger partial charge in [-0.05, 0) is 19.3 Å². The summed E-state index contributed by atoms with van der Waals surface area (Å²) in [5, 5.41) is -0.221. The van der Waals surface area contributed by atoms with Gasteiger partial charge in [-0.1, -0.05) is 0 Å². The molecule has 1 fully saturated rings. The van der Waals surface area contributed by atoms with E-state index in [1.807, 2.05) is 0 Å². The lowest BCUT2D eigenvalue weighted by molar-refractivity contribution is 0.0895. The summed E-state index contributed by atoms with van der Waals surface area (Å²) >= 11 is 0. The van der Waals surface area contributed by atoms with Gasteiger partial charge >= 0.3 is 0 Å². The first-order valence-corrected chi connectivity index (χ1v) is 6.77. The summed E-state index contributed by atoms with van der Waals surface area (Å²) in [6.45, 7) is 1.07. The number of nitrogens with two attached hydrogens (primary N) is 1. The van der Waals surface area contributed by atoms with Gasteiger partial charge in [-0.3, -0.25) is 0 Å². The highest BCUT2D eigenvalue weighted by Gasteiger charge is 2.41. The van der Waals surface area contributed by atoms with E-state index in [2.05, 4.69) is 0 Å². The Morgan fingerprint density at radius 3 is 2.57 bits per heavy atom. The van der Waals surface area contributed by atoms with Crippen molar-refractivity contribution in [2.45, 2.75) is 24.5 Å². The second-order valence-electron chi connectivity index (χ2n) is 4.33. The molecule has 0 bridgehead atoms. The lowest BCUT2D eigenvalue weighted by atomic mass is 9.87. The van der Waals surface area contributed by atoms with Crippen LogP contribution in [0.25, 0.3) is 0 Å². The lowest BCUT2D eigenvalue weighted by Crippen LogP contribution is -2.33. The minimum Gasteiger partial charge on any atom is -0.384 e. The summed E-state index contributed by atoms with van der Waals surface area (Å²) in [7, 11) is -1.28. The van der Waals surface area contributed by atoms with Gasteiger partial charge < -0.3 is 10.5 Å². The van der Waals surface area contributed by atoms with Gasteiger partial charge in [0.1, 0.15) is 9.84 Å². The number of methoxy groups -OCH3 is 1. The normalized spacial score (nSPS) is 33.5. The van der Waals surface area contributed by atoms with Crippen LogP contribution in [0.1, 0.15) is 19.3 Å². The van der Waals surface area contributed by atoms with Crippen molar-refractivity contribution < 1.29 is 13.2 Å². The van der Waals surface area contributed by atoms with Gasteiger partial charge in [0.05, 0.1) is 11.9 Å². The molecule has 5 heteroatoms. The van der Waals surface area contributed by atoms with Gasteiger partial charge in [-0.15, -0.1) is 0 Å². The van der Waals surface area contributed by atoms with Crippen LogP contribution < -0.4 is 5.73 Å². The van der Waals surface area contributed by atoms with Crippen molar-refractivity contribution in [3.63, 3.8) is 0 Å². The van der Waals surface area contributed by atoms with E-state index in [1.54, 1.807) is 7.11 Å². The van der Waals surface area contributed by atoms with Crippen molar-refractivity contribution in [3.8, 4) is 0 Å². The summed E-state index contributed by atoms with van der Waals surface area (Å²) in [4.78, 5) is 0. The Balaban J connectivity index is 2.71. The second kappa shape index (κ2) is 4.16. The minimum atomic E-state index is -2.91. The maximum atomic E-state index is 11.4. The van der Waals surface area contributed by atoms with Crippen LogP contribution in [0, 0.1) is 5.41 Å². The van der Waals surface area contributed by atoms with Crippen molar-refractivity contribution in [2.24, 2.45) is 11.1 Å². The molecular weight excluding hydrogens is 202 g/mol. The molecule has 0 heterocycles. The standard InChI is InChI=1S/C9H19NO3S/c1-13-7-9(6-10)4-3-8(5-9)14(2,11)12/h8H,3-7,10H2,1-2H3/t8-,9-/m1/s1. The SMILES string of the molecule is COC[C@]1(CN)CC[C@@H](S(C)(=O)=O)C1. The van der Waals surface area contributed by atoms with Crippen LogP contribution in [0.5, 0.6) is 0 Å². The highest BCUT2D eigenvalue weighted by molar-refractivity contribution is 7.91. The average Bonchev–Trinajstić information content (AvgIpc) is 2.50. The van der Waals surface area contributed by atoms with E-state index in [0.29, 0.717) is 19.6 Å². The molecule has 0 spiro atoms. The Morgan fingerprint density at radius 2 is 2.21 bits per heavy atom. The monoisotopic (exact) mass is 221 g/mol. The molecule has 0 aromatic carbocycles. The molecule has 1 aliphatic rings. The van der Waals surface area contributed by atoms with E-state index in [9.17, 15) is 8.42 Å². The van der Waals surface area contributed by atoms with Crippen molar-refractivity contribution in [2.75, 3.05) is 26.5 Å². The molecule has 2 N–H and O–H groups in total. The molecule has 0 radical (unpaired) electrons. The zero-order valence-electron chi connectivity index (χ0n) is 8.82. The van der Waals surface area contributed by atoms with Gasteiger partial charge in [0.15, 0.2) is 0 Å². The van der Waals surface area contributed by atoms with Crippen molar-refractivity contribution >= 4 is 9.84 Å². The summed E-state index contributed by atoms with van der Waals surface area (Å²) in [6, 6.07) is 0. The Kier molecular flexibility index (Phi) is 3.55. The number of sulfone groups is 1. The highest BCUT2D eigenvalue weighted by atomic mass is 32.2.